The van der Waals surface area contributed by atoms with Gasteiger partial charge in [0, 0.05) is 18.7 Å². The summed E-state index contributed by atoms with van der Waals surface area (Å²) in [5.41, 5.74) is -1.67. The van der Waals surface area contributed by atoms with E-state index in [1.165, 1.54) is 16.3 Å². The number of urea groups is 1. The molecular weight excluding hydrogens is 521 g/mol. The molecule has 0 bridgehead atoms. The second kappa shape index (κ2) is 9.97. The first kappa shape index (κ1) is 26.6. The second-order valence-electron chi connectivity index (χ2n) is 9.88. The van der Waals surface area contributed by atoms with Gasteiger partial charge in [-0.05, 0) is 49.9 Å². The van der Waals surface area contributed by atoms with E-state index < -0.39 is 38.6 Å². The van der Waals surface area contributed by atoms with Crippen LogP contribution in [0.25, 0.3) is 0 Å². The highest BCUT2D eigenvalue weighted by Gasteiger charge is 2.57. The van der Waals surface area contributed by atoms with Crippen molar-refractivity contribution in [2.75, 3.05) is 25.1 Å². The van der Waals surface area contributed by atoms with Gasteiger partial charge in [0.2, 0.25) is 0 Å². The molecule has 2 unspecified atom stereocenters. The molecule has 1 aliphatic carbocycles. The van der Waals surface area contributed by atoms with Crippen LogP contribution in [-0.4, -0.2) is 52.5 Å². The minimum absolute atomic E-state index is 0.0166. The lowest BCUT2D eigenvalue weighted by Gasteiger charge is -2.44. The van der Waals surface area contributed by atoms with Gasteiger partial charge in [0.25, 0.3) is 0 Å². The van der Waals surface area contributed by atoms with Gasteiger partial charge >= 0.3 is 12.2 Å². The van der Waals surface area contributed by atoms with Crippen LogP contribution in [0.3, 0.4) is 0 Å². The molecule has 2 aromatic rings. The Morgan fingerprint density at radius 1 is 1.13 bits per heavy atom. The average Bonchev–Trinajstić information content (AvgIpc) is 3.50. The van der Waals surface area contributed by atoms with E-state index in [2.05, 4.69) is 5.32 Å². The molecule has 0 aromatic heterocycles. The summed E-state index contributed by atoms with van der Waals surface area (Å²) in [5.74, 6) is 0.928. The van der Waals surface area contributed by atoms with Gasteiger partial charge in [0.1, 0.15) is 17.1 Å². The molecule has 2 aliphatic heterocycles. The van der Waals surface area contributed by atoms with Crippen molar-refractivity contribution >= 4 is 28.0 Å². The van der Waals surface area contributed by atoms with Gasteiger partial charge in [-0.15, -0.1) is 4.31 Å². The fraction of sp³-hybridized carbons (Fsp3) is 0.462. The third kappa shape index (κ3) is 4.80. The SMILES string of the molecule is COc1cccc(N2C(=O)NC(=NC3CCCC3)C23CCCN([S+](=O)([O-])c2cccc(C(F)(F)F)c2)C3)c1. The quantitative estimate of drug-likeness (QED) is 0.529. The number of piperidine rings is 1. The predicted molar refractivity (Wildman–Crippen MR) is 136 cm³/mol. The van der Waals surface area contributed by atoms with Crippen LogP contribution in [-0.2, 0) is 20.8 Å². The summed E-state index contributed by atoms with van der Waals surface area (Å²) in [6.45, 7) is -0.0374. The van der Waals surface area contributed by atoms with Crippen molar-refractivity contribution in [2.45, 2.75) is 61.2 Å². The van der Waals surface area contributed by atoms with E-state index in [0.29, 0.717) is 36.2 Å². The Balaban J connectivity index is 1.57. The Morgan fingerprint density at radius 3 is 2.58 bits per heavy atom. The number of halogens is 3. The normalized spacial score (nSPS) is 25.7. The van der Waals surface area contributed by atoms with Crippen molar-refractivity contribution in [1.82, 2.24) is 9.62 Å². The van der Waals surface area contributed by atoms with Crippen LogP contribution in [0, 0.1) is 0 Å². The third-order valence-corrected chi connectivity index (χ3v) is 9.32. The summed E-state index contributed by atoms with van der Waals surface area (Å²) in [6, 6.07) is 10.2. The lowest BCUT2D eigenvalue weighted by molar-refractivity contribution is -0.137. The van der Waals surface area contributed by atoms with Crippen LogP contribution >= 0.6 is 0 Å². The second-order valence-corrected chi connectivity index (χ2v) is 11.8. The zero-order chi connectivity index (χ0) is 27.1. The topological polar surface area (TPSA) is 97.3 Å². The van der Waals surface area contributed by atoms with Crippen LogP contribution in [0.1, 0.15) is 44.1 Å². The molecule has 3 fully saturated rings. The Labute approximate surface area is 220 Å². The number of nitrogens with zero attached hydrogens (tertiary/aromatic N) is 3. The van der Waals surface area contributed by atoms with Crippen molar-refractivity contribution in [1.29, 1.82) is 0 Å². The lowest BCUT2D eigenvalue weighted by Crippen LogP contribution is -2.62. The highest BCUT2D eigenvalue weighted by atomic mass is 32.3. The molecule has 1 N–H and O–H groups in total. The summed E-state index contributed by atoms with van der Waals surface area (Å²) < 4.78 is 73.9. The van der Waals surface area contributed by atoms with Gasteiger partial charge in [-0.3, -0.25) is 15.2 Å². The number of amides is 2. The Kier molecular flexibility index (Phi) is 6.99. The zero-order valence-corrected chi connectivity index (χ0v) is 21.7. The minimum Gasteiger partial charge on any atom is -0.593 e. The monoisotopic (exact) mass is 550 g/mol. The number of carbonyl (C=O) groups is 1. The van der Waals surface area contributed by atoms with Crippen molar-refractivity contribution in [3.63, 3.8) is 0 Å². The number of nitrogens with one attached hydrogen (secondary N) is 1. The van der Waals surface area contributed by atoms with Crippen molar-refractivity contribution in [2.24, 2.45) is 4.99 Å². The van der Waals surface area contributed by atoms with Crippen LogP contribution in [0.4, 0.5) is 23.7 Å². The van der Waals surface area contributed by atoms with E-state index in [-0.39, 0.29) is 19.1 Å². The predicted octanol–water partition coefficient (Wildman–Crippen LogP) is 5.02. The number of amidine groups is 1. The smallest absolute Gasteiger partial charge is 0.416 e. The fourth-order valence-electron chi connectivity index (χ4n) is 5.62. The van der Waals surface area contributed by atoms with Crippen LogP contribution in [0.5, 0.6) is 5.75 Å². The molecule has 12 heteroatoms. The number of anilines is 1. The summed E-state index contributed by atoms with van der Waals surface area (Å²) >= 11 is 0. The van der Waals surface area contributed by atoms with Gasteiger partial charge in [0.05, 0.1) is 30.9 Å². The van der Waals surface area contributed by atoms with Gasteiger partial charge in [-0.2, -0.15) is 13.2 Å². The van der Waals surface area contributed by atoms with Gasteiger partial charge in [-0.25, -0.2) is 4.79 Å². The maximum Gasteiger partial charge on any atom is 0.416 e. The molecule has 1 saturated carbocycles. The molecule has 1 spiro atoms. The molecule has 2 heterocycles. The van der Waals surface area contributed by atoms with Gasteiger partial charge in [-0.1, -0.05) is 29.2 Å². The number of carbonyl (C=O) groups excluding carboxylic acids is 1. The number of hydrogen-bond donors (Lipinski definition) is 1. The van der Waals surface area contributed by atoms with Gasteiger partial charge < -0.3 is 9.29 Å². The van der Waals surface area contributed by atoms with Crippen molar-refractivity contribution in [3.8, 4) is 5.75 Å². The Morgan fingerprint density at radius 2 is 1.87 bits per heavy atom. The summed E-state index contributed by atoms with van der Waals surface area (Å²) in [4.78, 5) is 19.4. The van der Waals surface area contributed by atoms with E-state index in [1.807, 2.05) is 0 Å². The first-order chi connectivity index (χ1) is 18.0. The Hall–Kier alpha value is -2.96. The molecule has 38 heavy (non-hydrogen) atoms. The fourth-order valence-corrected chi connectivity index (χ4v) is 7.19. The standard InChI is InChI=1S/C26H29F3N4O4S/c1-37-21-11-5-10-20(16-21)33-24(34)31-23(30-19-8-2-3-9-19)25(33)13-6-14-32(17-25)38(35,36)22-12-4-7-18(15-22)26(27,28)29/h4-5,7,10-12,15-16,19H,2-3,6,8-9,13-14,17H2,1H3,(H-,30,31,34,35,36). The van der Waals surface area contributed by atoms with E-state index in [4.69, 9.17) is 9.73 Å². The number of sulfonamides is 1. The van der Waals surface area contributed by atoms with Crippen LogP contribution < -0.4 is 15.0 Å². The summed E-state index contributed by atoms with van der Waals surface area (Å²) in [6.07, 6.45) is -0.0566. The highest BCUT2D eigenvalue weighted by molar-refractivity contribution is 7.95. The minimum atomic E-state index is -4.68. The first-order valence-electron chi connectivity index (χ1n) is 12.6. The summed E-state index contributed by atoms with van der Waals surface area (Å²) in [7, 11) is -2.80. The van der Waals surface area contributed by atoms with E-state index in [1.54, 1.807) is 24.3 Å². The number of alkyl halides is 3. The average molecular weight is 551 g/mol. The van der Waals surface area contributed by atoms with Crippen molar-refractivity contribution < 1.29 is 31.5 Å². The number of hydrogen-bond acceptors (Lipinski definition) is 5. The molecule has 2 aromatic carbocycles. The largest absolute Gasteiger partial charge is 0.593 e. The van der Waals surface area contributed by atoms with E-state index in [9.17, 15) is 26.7 Å². The highest BCUT2D eigenvalue weighted by Crippen LogP contribution is 2.41. The number of benzene rings is 2. The molecular formula is C26H29F3N4O4S. The molecule has 2 saturated heterocycles. The Bertz CT molecular complexity index is 1300. The number of aliphatic imine (C=N–C) groups is 1. The molecule has 5 rings (SSSR count). The molecule has 2 amide bonds. The zero-order valence-electron chi connectivity index (χ0n) is 20.9. The summed E-state index contributed by atoms with van der Waals surface area (Å²) in [5, 5.41) is 2.89. The van der Waals surface area contributed by atoms with Crippen LogP contribution in [0.15, 0.2) is 58.4 Å². The number of ether oxygens (including phenoxy) is 1. The maximum absolute atomic E-state index is 13.7. The molecule has 204 valence electrons. The molecule has 8 nitrogen and oxygen atoms in total. The lowest BCUT2D eigenvalue weighted by atomic mass is 9.87. The van der Waals surface area contributed by atoms with E-state index >= 15 is 0 Å². The maximum atomic E-state index is 13.7. The van der Waals surface area contributed by atoms with Crippen molar-refractivity contribution in [3.05, 3.63) is 54.1 Å². The number of rotatable bonds is 5. The van der Waals surface area contributed by atoms with E-state index in [0.717, 1.165) is 43.9 Å². The first-order valence-corrected chi connectivity index (χ1v) is 14.0. The molecule has 2 atom stereocenters. The molecule has 3 aliphatic rings. The number of methoxy groups -OCH3 is 1. The third-order valence-electron chi connectivity index (χ3n) is 7.48. The van der Waals surface area contributed by atoms with Gasteiger partial charge in [0.15, 0.2) is 15.3 Å². The molecule has 0 radical (unpaired) electrons. The van der Waals surface area contributed by atoms with Crippen LogP contribution in [0.2, 0.25) is 0 Å².